The van der Waals surface area contributed by atoms with Crippen molar-refractivity contribution < 1.29 is 4.74 Å². The van der Waals surface area contributed by atoms with Crippen LogP contribution in [0.3, 0.4) is 0 Å². The van der Waals surface area contributed by atoms with Gasteiger partial charge in [0, 0.05) is 32.4 Å². The third kappa shape index (κ3) is 6.66. The minimum atomic E-state index is 0.786. The van der Waals surface area contributed by atoms with Crippen LogP contribution in [-0.2, 0) is 17.8 Å². The minimum absolute atomic E-state index is 0.786. The number of aromatic nitrogens is 3. The molecule has 0 saturated heterocycles. The Morgan fingerprint density at radius 3 is 2.84 bits per heavy atom. The Bertz CT molecular complexity index is 329. The highest BCUT2D eigenvalue weighted by Gasteiger charge is 2.04. The highest BCUT2D eigenvalue weighted by Crippen LogP contribution is 1.95. The zero-order chi connectivity index (χ0) is 13.9. The van der Waals surface area contributed by atoms with Gasteiger partial charge in [-0.2, -0.15) is 0 Å². The second-order valence-electron chi connectivity index (χ2n) is 4.38. The summed E-state index contributed by atoms with van der Waals surface area (Å²) < 4.78 is 7.29. The fourth-order valence-electron chi connectivity index (χ4n) is 1.79. The Kier molecular flexibility index (Phi) is 8.36. The molecule has 0 spiro atoms. The van der Waals surface area contributed by atoms with Crippen LogP contribution in [0.2, 0.25) is 0 Å². The minimum Gasteiger partial charge on any atom is -0.380 e. The number of hydrogen-bond acceptors (Lipinski definition) is 5. The summed E-state index contributed by atoms with van der Waals surface area (Å²) in [6.45, 7) is 13.5. The Morgan fingerprint density at radius 1 is 1.32 bits per heavy atom. The maximum atomic E-state index is 5.38. The first kappa shape index (κ1) is 16.1. The van der Waals surface area contributed by atoms with Gasteiger partial charge in [0.15, 0.2) is 0 Å². The summed E-state index contributed by atoms with van der Waals surface area (Å²) in [6, 6.07) is 0. The first-order valence-electron chi connectivity index (χ1n) is 7.19. The second kappa shape index (κ2) is 9.89. The van der Waals surface area contributed by atoms with Crippen LogP contribution in [0, 0.1) is 0 Å². The Labute approximate surface area is 116 Å². The van der Waals surface area contributed by atoms with Crippen LogP contribution in [0.15, 0.2) is 6.20 Å². The van der Waals surface area contributed by atoms with E-state index in [1.54, 1.807) is 0 Å². The molecule has 1 aromatic heterocycles. The van der Waals surface area contributed by atoms with Crippen molar-refractivity contribution in [1.29, 1.82) is 0 Å². The molecule has 1 N–H and O–H groups in total. The van der Waals surface area contributed by atoms with Crippen LogP contribution in [0.4, 0.5) is 0 Å². The summed E-state index contributed by atoms with van der Waals surface area (Å²) in [7, 11) is 0. The van der Waals surface area contributed by atoms with Crippen molar-refractivity contribution in [3.63, 3.8) is 0 Å². The summed E-state index contributed by atoms with van der Waals surface area (Å²) in [6.07, 6.45) is 2.01. The van der Waals surface area contributed by atoms with E-state index < -0.39 is 0 Å². The van der Waals surface area contributed by atoms with Gasteiger partial charge in [0.1, 0.15) is 0 Å². The zero-order valence-electron chi connectivity index (χ0n) is 12.4. The van der Waals surface area contributed by atoms with Crippen LogP contribution in [0.1, 0.15) is 26.5 Å². The van der Waals surface area contributed by atoms with E-state index in [1.807, 2.05) is 17.8 Å². The van der Waals surface area contributed by atoms with Gasteiger partial charge >= 0.3 is 0 Å². The second-order valence-corrected chi connectivity index (χ2v) is 4.38. The molecule has 6 heteroatoms. The fourth-order valence-corrected chi connectivity index (χ4v) is 1.79. The van der Waals surface area contributed by atoms with Crippen molar-refractivity contribution in [3.8, 4) is 0 Å². The van der Waals surface area contributed by atoms with Gasteiger partial charge in [0.25, 0.3) is 0 Å². The van der Waals surface area contributed by atoms with Gasteiger partial charge in [-0.05, 0) is 20.0 Å². The highest BCUT2D eigenvalue weighted by atomic mass is 16.5. The topological polar surface area (TPSA) is 55.2 Å². The monoisotopic (exact) mass is 269 g/mol. The van der Waals surface area contributed by atoms with Gasteiger partial charge in [-0.3, -0.25) is 9.58 Å². The van der Waals surface area contributed by atoms with Gasteiger partial charge in [-0.15, -0.1) is 5.10 Å². The van der Waals surface area contributed by atoms with E-state index in [2.05, 4.69) is 34.4 Å². The molecule has 0 fully saturated rings. The summed E-state index contributed by atoms with van der Waals surface area (Å²) in [5.41, 5.74) is 0.999. The van der Waals surface area contributed by atoms with E-state index in [0.29, 0.717) is 0 Å². The quantitative estimate of drug-likeness (QED) is 0.601. The van der Waals surface area contributed by atoms with E-state index >= 15 is 0 Å². The van der Waals surface area contributed by atoms with Crippen molar-refractivity contribution in [2.24, 2.45) is 0 Å². The fraction of sp³-hybridized carbons (Fsp3) is 0.846. The lowest BCUT2D eigenvalue weighted by Gasteiger charge is -2.19. The molecule has 0 amide bonds. The largest absolute Gasteiger partial charge is 0.380 e. The number of likely N-dealkylation sites (N-methyl/N-ethyl adjacent to an activating group) is 1. The maximum absolute atomic E-state index is 5.38. The van der Waals surface area contributed by atoms with Crippen LogP contribution in [-0.4, -0.2) is 59.3 Å². The Balaban J connectivity index is 2.27. The number of nitrogens with one attached hydrogen (secondary N) is 1. The first-order chi connectivity index (χ1) is 9.30. The maximum Gasteiger partial charge on any atom is 0.0964 e. The normalized spacial score (nSPS) is 11.4. The van der Waals surface area contributed by atoms with E-state index in [-0.39, 0.29) is 0 Å². The van der Waals surface area contributed by atoms with Crippen LogP contribution in [0.25, 0.3) is 0 Å². The number of ether oxygens (including phenoxy) is 1. The molecule has 1 heterocycles. The molecule has 0 aromatic carbocycles. The molecule has 0 radical (unpaired) electrons. The van der Waals surface area contributed by atoms with Crippen LogP contribution < -0.4 is 5.32 Å². The number of rotatable bonds is 11. The number of nitrogens with zero attached hydrogens (tertiary/aromatic N) is 4. The van der Waals surface area contributed by atoms with E-state index in [0.717, 1.165) is 58.2 Å². The lowest BCUT2D eigenvalue weighted by atomic mass is 10.4. The molecule has 110 valence electrons. The van der Waals surface area contributed by atoms with Crippen LogP contribution >= 0.6 is 0 Å². The van der Waals surface area contributed by atoms with Crippen LogP contribution in [0.5, 0.6) is 0 Å². The molecule has 19 heavy (non-hydrogen) atoms. The van der Waals surface area contributed by atoms with E-state index in [4.69, 9.17) is 4.74 Å². The summed E-state index contributed by atoms with van der Waals surface area (Å²) in [4.78, 5) is 2.36. The lowest BCUT2D eigenvalue weighted by Crippen LogP contribution is -2.31. The van der Waals surface area contributed by atoms with Gasteiger partial charge in [-0.1, -0.05) is 19.1 Å². The lowest BCUT2D eigenvalue weighted by molar-refractivity contribution is 0.113. The summed E-state index contributed by atoms with van der Waals surface area (Å²) >= 11 is 0. The van der Waals surface area contributed by atoms with E-state index in [9.17, 15) is 0 Å². The van der Waals surface area contributed by atoms with Gasteiger partial charge in [0.05, 0.1) is 18.8 Å². The molecule has 6 nitrogen and oxygen atoms in total. The standard InChI is InChI=1S/C13H27N5O/c1-4-14-11-13-12-18(16-15-13)8-7-17(5-2)9-10-19-6-3/h12,14H,4-11H2,1-3H3. The Morgan fingerprint density at radius 2 is 2.16 bits per heavy atom. The van der Waals surface area contributed by atoms with Crippen molar-refractivity contribution in [1.82, 2.24) is 25.2 Å². The van der Waals surface area contributed by atoms with Crippen molar-refractivity contribution in [2.45, 2.75) is 33.9 Å². The predicted molar refractivity (Wildman–Crippen MR) is 76.0 cm³/mol. The molecular formula is C13H27N5O. The molecule has 1 aromatic rings. The third-order valence-corrected chi connectivity index (χ3v) is 2.99. The predicted octanol–water partition coefficient (Wildman–Crippen LogP) is 0.746. The zero-order valence-corrected chi connectivity index (χ0v) is 12.4. The van der Waals surface area contributed by atoms with Gasteiger partial charge < -0.3 is 10.1 Å². The van der Waals surface area contributed by atoms with Gasteiger partial charge in [0.2, 0.25) is 0 Å². The average molecular weight is 269 g/mol. The average Bonchev–Trinajstić information content (AvgIpc) is 2.88. The molecule has 0 saturated carbocycles. The molecule has 0 atom stereocenters. The molecule has 0 unspecified atom stereocenters. The molecule has 0 bridgehead atoms. The van der Waals surface area contributed by atoms with Gasteiger partial charge in [-0.25, -0.2) is 0 Å². The molecule has 1 rings (SSSR count). The van der Waals surface area contributed by atoms with Crippen molar-refractivity contribution in [2.75, 3.05) is 39.4 Å². The molecule has 0 aliphatic heterocycles. The first-order valence-corrected chi connectivity index (χ1v) is 7.19. The SMILES string of the molecule is CCNCc1cn(CCN(CC)CCOCC)nn1. The smallest absolute Gasteiger partial charge is 0.0964 e. The van der Waals surface area contributed by atoms with Crippen molar-refractivity contribution >= 4 is 0 Å². The van der Waals surface area contributed by atoms with E-state index in [1.165, 1.54) is 0 Å². The highest BCUT2D eigenvalue weighted by molar-refractivity contribution is 4.91. The summed E-state index contributed by atoms with van der Waals surface area (Å²) in [5, 5.41) is 11.5. The van der Waals surface area contributed by atoms with Crippen molar-refractivity contribution in [3.05, 3.63) is 11.9 Å². The number of hydrogen-bond donors (Lipinski definition) is 1. The molecular weight excluding hydrogens is 242 g/mol. The Hall–Kier alpha value is -0.980. The molecule has 0 aliphatic carbocycles. The third-order valence-electron chi connectivity index (χ3n) is 2.99. The molecule has 0 aliphatic rings. The summed E-state index contributed by atoms with van der Waals surface area (Å²) in [5.74, 6) is 0.